The van der Waals surface area contributed by atoms with Crippen LogP contribution in [0.1, 0.15) is 61.0 Å². The number of imide groups is 1. The zero-order valence-electron chi connectivity index (χ0n) is 37.3. The molecule has 4 aromatic rings. The number of nitrogens with one attached hydrogen (secondary N) is 3. The number of hydrogen-bond acceptors (Lipinski definition) is 13. The molecule has 2 heterocycles. The number of Topliss-reactive ketones (excluding diaryl/α,β-unsaturated/α-hetero) is 1. The molecule has 6 rings (SSSR count). The first kappa shape index (κ1) is 51.3. The van der Waals surface area contributed by atoms with Crippen molar-refractivity contribution in [3.63, 3.8) is 0 Å². The predicted octanol–water partition coefficient (Wildman–Crippen LogP) is 5.35. The van der Waals surface area contributed by atoms with Gasteiger partial charge in [-0.15, -0.1) is 0 Å². The topological polar surface area (TPSA) is 257 Å². The van der Waals surface area contributed by atoms with Crippen LogP contribution in [0.2, 0.25) is 0 Å². The van der Waals surface area contributed by atoms with E-state index in [9.17, 15) is 38.4 Å². The van der Waals surface area contributed by atoms with Gasteiger partial charge in [0.05, 0.1) is 57.7 Å². The van der Waals surface area contributed by atoms with E-state index in [1.54, 1.807) is 80.6 Å². The van der Waals surface area contributed by atoms with Gasteiger partial charge in [0.25, 0.3) is 11.8 Å². The average molecular weight is 1070 g/mol. The number of benzene rings is 3. The molecule has 360 valence electrons. The van der Waals surface area contributed by atoms with Gasteiger partial charge in [0.2, 0.25) is 11.8 Å². The quantitative estimate of drug-likeness (QED) is 0.0426. The van der Waals surface area contributed by atoms with Gasteiger partial charge >= 0.3 is 12.1 Å². The Morgan fingerprint density at radius 2 is 1.41 bits per heavy atom. The summed E-state index contributed by atoms with van der Waals surface area (Å²) in [6, 6.07) is 17.2. The number of anilines is 1. The normalized spacial score (nSPS) is 14.0. The van der Waals surface area contributed by atoms with Crippen LogP contribution >= 0.6 is 31.9 Å². The Morgan fingerprint density at radius 3 is 2.07 bits per heavy atom. The van der Waals surface area contributed by atoms with Crippen LogP contribution in [-0.2, 0) is 49.5 Å². The van der Waals surface area contributed by atoms with E-state index < -0.39 is 47.7 Å². The molecule has 0 saturated carbocycles. The van der Waals surface area contributed by atoms with Gasteiger partial charge in [0.15, 0.2) is 11.6 Å². The summed E-state index contributed by atoms with van der Waals surface area (Å²) in [5.74, 6) is -3.32. The summed E-state index contributed by atoms with van der Waals surface area (Å²) in [5.41, 5.74) is 8.82. The Morgan fingerprint density at radius 1 is 0.779 bits per heavy atom. The molecule has 0 radical (unpaired) electrons. The highest BCUT2D eigenvalue weighted by Gasteiger charge is 2.36. The third-order valence-electron chi connectivity index (χ3n) is 11.0. The zero-order valence-corrected chi connectivity index (χ0v) is 40.5. The number of ketones is 2. The third-order valence-corrected chi connectivity index (χ3v) is 13.1. The van der Waals surface area contributed by atoms with Crippen molar-refractivity contribution in [1.82, 2.24) is 25.3 Å². The van der Waals surface area contributed by atoms with Gasteiger partial charge in [-0.2, -0.15) is 9.78 Å². The Hall–Kier alpha value is -6.13. The van der Waals surface area contributed by atoms with Gasteiger partial charge in [0.1, 0.15) is 21.3 Å². The molecule has 2 aliphatic rings. The molecule has 6 amide bonds. The van der Waals surface area contributed by atoms with Crippen molar-refractivity contribution in [3.8, 4) is 11.3 Å². The molecule has 21 heteroatoms. The second kappa shape index (κ2) is 24.2. The van der Waals surface area contributed by atoms with E-state index in [2.05, 4.69) is 52.9 Å². The van der Waals surface area contributed by atoms with Gasteiger partial charge in [-0.3, -0.25) is 33.7 Å². The maximum absolute atomic E-state index is 13.7. The molecule has 1 aliphatic heterocycles. The number of primary amides is 1. The second-order valence-corrected chi connectivity index (χ2v) is 17.7. The minimum atomic E-state index is -0.883. The molecule has 0 unspecified atom stereocenters. The van der Waals surface area contributed by atoms with Crippen molar-refractivity contribution >= 4 is 95.8 Å². The highest BCUT2D eigenvalue weighted by molar-refractivity contribution is 9.14. The first-order valence-corrected chi connectivity index (χ1v) is 23.5. The Balaban J connectivity index is 0.938. The van der Waals surface area contributed by atoms with Crippen LogP contribution in [0, 0.1) is 11.8 Å². The lowest BCUT2D eigenvalue weighted by atomic mass is 9.87. The summed E-state index contributed by atoms with van der Waals surface area (Å²) in [6.07, 6.45) is -0.374. The molecule has 0 bridgehead atoms. The maximum atomic E-state index is 13.7. The van der Waals surface area contributed by atoms with E-state index in [4.69, 9.17) is 24.7 Å². The molecule has 2 atom stereocenters. The summed E-state index contributed by atoms with van der Waals surface area (Å²) >= 11 is 6.15. The van der Waals surface area contributed by atoms with E-state index >= 15 is 0 Å². The summed E-state index contributed by atoms with van der Waals surface area (Å²) < 4.78 is 23.6. The average Bonchev–Trinajstić information content (AvgIpc) is 3.80. The summed E-state index contributed by atoms with van der Waals surface area (Å²) in [5, 5.41) is 13.3. The Kier molecular flexibility index (Phi) is 18.3. The van der Waals surface area contributed by atoms with E-state index in [-0.39, 0.29) is 105 Å². The molecule has 1 aliphatic carbocycles. The van der Waals surface area contributed by atoms with Gasteiger partial charge in [-0.1, -0.05) is 62.4 Å². The van der Waals surface area contributed by atoms with E-state index in [0.29, 0.717) is 51.0 Å². The largest absolute Gasteiger partial charge is 0.443 e. The predicted molar refractivity (Wildman–Crippen MR) is 255 cm³/mol. The number of nitrogens with two attached hydrogens (primary N) is 1. The van der Waals surface area contributed by atoms with Crippen LogP contribution < -0.4 is 21.7 Å². The number of carbonyl (C=O) groups excluding carboxylic acids is 8. The van der Waals surface area contributed by atoms with Crippen LogP contribution in [0.5, 0.6) is 0 Å². The number of halogens is 2. The number of urea groups is 1. The molecule has 0 spiro atoms. The summed E-state index contributed by atoms with van der Waals surface area (Å²) in [4.78, 5) is 103. The SMILES string of the molecule is CC(C)[C@H](NC(=O)CCOCCOCCOCCN1C(=O)C(Br)=C(Br)C1=O)C(=O)C[C@@H](CCCNC(N)=O)C(=O)Nc1ccc(COC(=O)n2nc3c4c(cccc42)C(=O)c2ccccc2-3)cc1. The summed E-state index contributed by atoms with van der Waals surface area (Å²) in [6.45, 7) is 4.88. The molecule has 3 aromatic carbocycles. The molecule has 5 N–H and O–H groups in total. The van der Waals surface area contributed by atoms with Gasteiger partial charge in [-0.05, 0) is 74.4 Å². The lowest BCUT2D eigenvalue weighted by Crippen LogP contribution is -2.45. The number of nitrogens with zero attached hydrogens (tertiary/aromatic N) is 3. The number of aromatic nitrogens is 2. The molecule has 1 aromatic heterocycles. The van der Waals surface area contributed by atoms with Crippen molar-refractivity contribution < 1.29 is 57.3 Å². The first-order valence-electron chi connectivity index (χ1n) is 21.9. The second-order valence-electron chi connectivity index (χ2n) is 16.1. The van der Waals surface area contributed by atoms with Crippen LogP contribution in [0.3, 0.4) is 0 Å². The Bertz CT molecular complexity index is 2570. The van der Waals surface area contributed by atoms with Crippen molar-refractivity contribution in [2.24, 2.45) is 17.6 Å². The zero-order chi connectivity index (χ0) is 48.9. The number of rotatable bonds is 25. The monoisotopic (exact) mass is 1060 g/mol. The fourth-order valence-corrected chi connectivity index (χ4v) is 8.32. The fourth-order valence-electron chi connectivity index (χ4n) is 7.56. The van der Waals surface area contributed by atoms with Crippen molar-refractivity contribution in [1.29, 1.82) is 0 Å². The van der Waals surface area contributed by atoms with Crippen LogP contribution in [0.4, 0.5) is 15.3 Å². The fraction of sp³-hybridized carbons (Fsp3) is 0.383. The molecular formula is C47H51Br2N7O12. The van der Waals surface area contributed by atoms with Crippen molar-refractivity contribution in [2.45, 2.75) is 52.2 Å². The number of ether oxygens (including phenoxy) is 4. The van der Waals surface area contributed by atoms with Crippen molar-refractivity contribution in [3.05, 3.63) is 92.4 Å². The molecule has 0 saturated heterocycles. The maximum Gasteiger partial charge on any atom is 0.435 e. The lowest BCUT2D eigenvalue weighted by molar-refractivity contribution is -0.138. The van der Waals surface area contributed by atoms with E-state index in [0.717, 1.165) is 9.58 Å². The van der Waals surface area contributed by atoms with Crippen LogP contribution in [0.25, 0.3) is 22.2 Å². The summed E-state index contributed by atoms with van der Waals surface area (Å²) in [7, 11) is 0. The minimum Gasteiger partial charge on any atom is -0.443 e. The molecular weight excluding hydrogens is 1010 g/mol. The molecule has 68 heavy (non-hydrogen) atoms. The molecule has 0 fully saturated rings. The minimum absolute atomic E-state index is 0.0222. The van der Waals surface area contributed by atoms with Crippen molar-refractivity contribution in [2.75, 3.05) is 58.0 Å². The standard InChI is InChI=1S/C47H51Br2N7O12/c1-27(2)40(53-36(58)16-19-65-21-23-67-24-22-66-20-18-55-44(61)38(48)39(49)45(55)62)35(57)25-29(7-6-17-51-46(50)63)43(60)52-30-14-12-28(13-15-30)26-68-47(64)56-34-11-5-10-33-37(34)41(54-56)31-8-3-4-9-32(31)42(33)59/h3-5,8-15,27,29,40H,6-7,16-26H2,1-2H3,(H,52,60)(H,53,58)(H3,50,51,63)/t29-,40+/m1/s1. The van der Waals surface area contributed by atoms with E-state index in [1.807, 2.05) is 0 Å². The highest BCUT2D eigenvalue weighted by atomic mass is 79.9. The van der Waals surface area contributed by atoms with Crippen LogP contribution in [-0.4, -0.2) is 121 Å². The number of fused-ring (bicyclic) bond motifs is 2. The molecule has 19 nitrogen and oxygen atoms in total. The number of hydrogen-bond donors (Lipinski definition) is 4. The smallest absolute Gasteiger partial charge is 0.435 e. The van der Waals surface area contributed by atoms with Gasteiger partial charge < -0.3 is 40.6 Å². The first-order chi connectivity index (χ1) is 32.7. The van der Waals surface area contributed by atoms with E-state index in [1.165, 1.54) is 0 Å². The van der Waals surface area contributed by atoms with Gasteiger partial charge in [-0.25, -0.2) is 9.59 Å². The van der Waals surface area contributed by atoms with Gasteiger partial charge in [0, 0.05) is 53.1 Å². The number of amides is 6. The Labute approximate surface area is 408 Å². The lowest BCUT2D eigenvalue weighted by Gasteiger charge is -2.24. The third kappa shape index (κ3) is 12.9. The van der Waals surface area contributed by atoms with Crippen LogP contribution in [0.15, 0.2) is 75.7 Å². The number of carbonyl (C=O) groups is 8. The highest BCUT2D eigenvalue weighted by Crippen LogP contribution is 2.39.